The molecule has 6 nitrogen and oxygen atoms in total. The highest BCUT2D eigenvalue weighted by atomic mass is 32.2. The molecule has 0 radical (unpaired) electrons. The fraction of sp³-hybridized carbons (Fsp3) is 0.778. The predicted octanol–water partition coefficient (Wildman–Crippen LogP) is 0.326. The maximum absolute atomic E-state index is 11.3. The molecule has 0 saturated carbocycles. The van der Waals surface area contributed by atoms with Gasteiger partial charge < -0.3 is 9.84 Å². The average Bonchev–Trinajstić information content (AvgIpc) is 2.63. The molecule has 0 aliphatic heterocycles. The van der Waals surface area contributed by atoms with Gasteiger partial charge in [0.15, 0.2) is 15.7 Å². The summed E-state index contributed by atoms with van der Waals surface area (Å²) in [7, 11) is -1.34. The molecule has 0 fully saturated rings. The van der Waals surface area contributed by atoms with Crippen molar-refractivity contribution in [1.29, 1.82) is 0 Å². The topological polar surface area (TPSA) is 85.1 Å². The van der Waals surface area contributed by atoms with Crippen LogP contribution in [0, 0.1) is 0 Å². The summed E-state index contributed by atoms with van der Waals surface area (Å²) in [6, 6.07) is 0.210. The molecule has 0 aromatic carbocycles. The molecular weight excluding hydrogens is 230 g/mol. The lowest BCUT2D eigenvalue weighted by molar-refractivity contribution is 0.360. The minimum absolute atomic E-state index is 0.210. The lowest BCUT2D eigenvalue weighted by Gasteiger charge is -2.05. The number of sulfone groups is 1. The highest BCUT2D eigenvalue weighted by Crippen LogP contribution is 2.17. The molecule has 0 aliphatic carbocycles. The van der Waals surface area contributed by atoms with Crippen LogP contribution in [-0.2, 0) is 16.3 Å². The number of nitrogens with zero attached hydrogens (tertiary/aromatic N) is 2. The second-order valence-electron chi connectivity index (χ2n) is 3.91. The maximum Gasteiger partial charge on any atom is 0.228 e. The zero-order chi connectivity index (χ0) is 12.3. The predicted molar refractivity (Wildman–Crippen MR) is 59.8 cm³/mol. The number of hydrogen-bond donors (Lipinski definition) is 1. The van der Waals surface area contributed by atoms with Crippen molar-refractivity contribution in [3.05, 3.63) is 11.7 Å². The molecule has 0 saturated heterocycles. The SMILES string of the molecule is CNC(C)Cc1nc(C(C)S(C)(=O)=O)no1. The molecule has 7 heteroatoms. The number of hydrogen-bond acceptors (Lipinski definition) is 6. The summed E-state index contributed by atoms with van der Waals surface area (Å²) >= 11 is 0. The van der Waals surface area contributed by atoms with Crippen molar-refractivity contribution >= 4 is 9.84 Å². The van der Waals surface area contributed by atoms with Crippen LogP contribution < -0.4 is 5.32 Å². The van der Waals surface area contributed by atoms with Gasteiger partial charge in [0.2, 0.25) is 5.89 Å². The van der Waals surface area contributed by atoms with Gasteiger partial charge in [0.05, 0.1) is 0 Å². The summed E-state index contributed by atoms with van der Waals surface area (Å²) in [5.74, 6) is 0.674. The Morgan fingerprint density at radius 3 is 2.56 bits per heavy atom. The van der Waals surface area contributed by atoms with Crippen molar-refractivity contribution in [2.75, 3.05) is 13.3 Å². The third kappa shape index (κ3) is 3.28. The van der Waals surface area contributed by atoms with Crippen molar-refractivity contribution in [1.82, 2.24) is 15.5 Å². The molecular formula is C9H17N3O3S. The average molecular weight is 247 g/mol. The minimum Gasteiger partial charge on any atom is -0.339 e. The van der Waals surface area contributed by atoms with Gasteiger partial charge in [0, 0.05) is 18.7 Å². The van der Waals surface area contributed by atoms with Crippen molar-refractivity contribution < 1.29 is 12.9 Å². The summed E-state index contributed by atoms with van der Waals surface area (Å²) in [5.41, 5.74) is 0. The van der Waals surface area contributed by atoms with Gasteiger partial charge in [-0.1, -0.05) is 5.16 Å². The first-order chi connectivity index (χ1) is 7.34. The van der Waals surface area contributed by atoms with E-state index in [1.165, 1.54) is 0 Å². The lowest BCUT2D eigenvalue weighted by atomic mass is 10.2. The Hall–Kier alpha value is -0.950. The molecule has 0 aliphatic rings. The van der Waals surface area contributed by atoms with Gasteiger partial charge in [-0.2, -0.15) is 4.98 Å². The molecule has 16 heavy (non-hydrogen) atoms. The van der Waals surface area contributed by atoms with Gasteiger partial charge in [0.25, 0.3) is 0 Å². The zero-order valence-corrected chi connectivity index (χ0v) is 10.7. The van der Waals surface area contributed by atoms with Gasteiger partial charge >= 0.3 is 0 Å². The summed E-state index contributed by atoms with van der Waals surface area (Å²) in [5, 5.41) is 5.99. The Bertz CT molecular complexity index is 441. The van der Waals surface area contributed by atoms with Crippen molar-refractivity contribution in [2.24, 2.45) is 0 Å². The molecule has 1 aromatic heterocycles. The van der Waals surface area contributed by atoms with Crippen LogP contribution in [0.15, 0.2) is 4.52 Å². The Kier molecular flexibility index (Phi) is 4.03. The van der Waals surface area contributed by atoms with Crippen molar-refractivity contribution in [3.63, 3.8) is 0 Å². The normalized spacial score (nSPS) is 16.0. The highest BCUT2D eigenvalue weighted by molar-refractivity contribution is 7.90. The fourth-order valence-electron chi connectivity index (χ4n) is 1.07. The molecule has 0 spiro atoms. The van der Waals surface area contributed by atoms with Gasteiger partial charge in [-0.15, -0.1) is 0 Å². The van der Waals surface area contributed by atoms with Crippen LogP contribution in [0.25, 0.3) is 0 Å². The summed E-state index contributed by atoms with van der Waals surface area (Å²) in [4.78, 5) is 4.07. The van der Waals surface area contributed by atoms with E-state index in [9.17, 15) is 8.42 Å². The van der Waals surface area contributed by atoms with Crippen LogP contribution in [0.5, 0.6) is 0 Å². The van der Waals surface area contributed by atoms with E-state index in [0.29, 0.717) is 12.3 Å². The molecule has 1 rings (SSSR count). The van der Waals surface area contributed by atoms with E-state index in [1.54, 1.807) is 6.92 Å². The molecule has 1 heterocycles. The van der Waals surface area contributed by atoms with Crippen LogP contribution >= 0.6 is 0 Å². The van der Waals surface area contributed by atoms with E-state index in [1.807, 2.05) is 14.0 Å². The fourth-order valence-corrected chi connectivity index (χ4v) is 1.55. The largest absolute Gasteiger partial charge is 0.339 e. The number of aromatic nitrogens is 2. The van der Waals surface area contributed by atoms with Crippen LogP contribution in [-0.4, -0.2) is 37.9 Å². The minimum atomic E-state index is -3.18. The van der Waals surface area contributed by atoms with Gasteiger partial charge in [-0.3, -0.25) is 0 Å². The van der Waals surface area contributed by atoms with Crippen molar-refractivity contribution in [3.8, 4) is 0 Å². The zero-order valence-electron chi connectivity index (χ0n) is 9.89. The van der Waals surface area contributed by atoms with Crippen LogP contribution in [0.4, 0.5) is 0 Å². The molecule has 92 valence electrons. The van der Waals surface area contributed by atoms with E-state index in [-0.39, 0.29) is 11.9 Å². The van der Waals surface area contributed by atoms with Crippen LogP contribution in [0.2, 0.25) is 0 Å². The van der Waals surface area contributed by atoms with E-state index in [2.05, 4.69) is 15.5 Å². The summed E-state index contributed by atoms with van der Waals surface area (Å²) < 4.78 is 27.6. The molecule has 1 aromatic rings. The Morgan fingerprint density at radius 1 is 1.44 bits per heavy atom. The quantitative estimate of drug-likeness (QED) is 0.807. The molecule has 2 unspecified atom stereocenters. The Balaban J connectivity index is 2.79. The number of likely N-dealkylation sites (N-methyl/N-ethyl adjacent to an activating group) is 1. The standard InChI is InChI=1S/C9H17N3O3S/c1-6(10-3)5-8-11-9(12-15-8)7(2)16(4,13)14/h6-7,10H,5H2,1-4H3. The van der Waals surface area contributed by atoms with E-state index < -0.39 is 15.1 Å². The third-order valence-corrected chi connectivity index (χ3v) is 3.96. The van der Waals surface area contributed by atoms with E-state index >= 15 is 0 Å². The smallest absolute Gasteiger partial charge is 0.228 e. The second-order valence-corrected chi connectivity index (χ2v) is 6.28. The second kappa shape index (κ2) is 4.92. The van der Waals surface area contributed by atoms with Gasteiger partial charge in [-0.25, -0.2) is 8.42 Å². The lowest BCUT2D eigenvalue weighted by Crippen LogP contribution is -2.23. The Labute approximate surface area is 95.3 Å². The first kappa shape index (κ1) is 13.1. The van der Waals surface area contributed by atoms with Crippen LogP contribution in [0.3, 0.4) is 0 Å². The monoisotopic (exact) mass is 247 g/mol. The summed E-state index contributed by atoms with van der Waals surface area (Å²) in [6.07, 6.45) is 1.74. The molecule has 0 amide bonds. The van der Waals surface area contributed by atoms with Crippen LogP contribution in [0.1, 0.15) is 30.8 Å². The molecule has 1 N–H and O–H groups in total. The number of nitrogens with one attached hydrogen (secondary N) is 1. The van der Waals surface area contributed by atoms with E-state index in [0.717, 1.165) is 6.26 Å². The molecule has 0 bridgehead atoms. The van der Waals surface area contributed by atoms with Gasteiger partial charge in [-0.05, 0) is 20.9 Å². The highest BCUT2D eigenvalue weighted by Gasteiger charge is 2.23. The van der Waals surface area contributed by atoms with E-state index in [4.69, 9.17) is 4.52 Å². The molecule has 2 atom stereocenters. The van der Waals surface area contributed by atoms with Crippen molar-refractivity contribution in [2.45, 2.75) is 31.6 Å². The first-order valence-corrected chi connectivity index (χ1v) is 6.98. The maximum atomic E-state index is 11.3. The first-order valence-electron chi connectivity index (χ1n) is 5.03. The van der Waals surface area contributed by atoms with Gasteiger partial charge in [0.1, 0.15) is 5.25 Å². The third-order valence-electron chi connectivity index (χ3n) is 2.46. The Morgan fingerprint density at radius 2 is 2.06 bits per heavy atom. The number of rotatable bonds is 5. The summed E-state index contributed by atoms with van der Waals surface area (Å²) in [6.45, 7) is 3.52.